The Balaban J connectivity index is 0. The van der Waals surface area contributed by atoms with Crippen molar-refractivity contribution in [2.75, 3.05) is 7.11 Å². The summed E-state index contributed by atoms with van der Waals surface area (Å²) in [7, 11) is 1.63. The number of hydrogen-bond acceptors (Lipinski definition) is 2. The molecule has 0 aliphatic heterocycles. The van der Waals surface area contributed by atoms with Gasteiger partial charge in [-0.25, -0.2) is 0 Å². The molecule has 0 aliphatic rings. The smallest absolute Gasteiger partial charge is 0.0881 e. The molecule has 0 atom stereocenters. The summed E-state index contributed by atoms with van der Waals surface area (Å²) in [6.45, 7) is 10.7. The van der Waals surface area contributed by atoms with E-state index in [9.17, 15) is 0 Å². The molecule has 0 aromatic heterocycles. The molecule has 66 valence electrons. The van der Waals surface area contributed by atoms with Gasteiger partial charge in [0.05, 0.1) is 18.6 Å². The van der Waals surface area contributed by atoms with Crippen LogP contribution in [0.5, 0.6) is 0 Å². The van der Waals surface area contributed by atoms with E-state index in [2.05, 4.69) is 13.2 Å². The Hall–Kier alpha value is -0.920. The summed E-state index contributed by atoms with van der Waals surface area (Å²) in [5.41, 5.74) is 0. The van der Waals surface area contributed by atoms with Crippen molar-refractivity contribution in [1.82, 2.24) is 0 Å². The van der Waals surface area contributed by atoms with Gasteiger partial charge in [0.1, 0.15) is 0 Å². The van der Waals surface area contributed by atoms with Crippen molar-refractivity contribution in [3.63, 3.8) is 0 Å². The van der Waals surface area contributed by atoms with Gasteiger partial charge in [0.2, 0.25) is 0 Å². The Morgan fingerprint density at radius 3 is 1.64 bits per heavy atom. The van der Waals surface area contributed by atoms with Crippen LogP contribution in [0.1, 0.15) is 26.7 Å². The third kappa shape index (κ3) is 17.6. The predicted octanol–water partition coefficient (Wildman–Crippen LogP) is 3.02. The molecule has 0 aromatic carbocycles. The second-order valence-corrected chi connectivity index (χ2v) is 2.02. The lowest BCUT2D eigenvalue weighted by atomic mass is 10.4. The van der Waals surface area contributed by atoms with Crippen LogP contribution in [0.25, 0.3) is 0 Å². The SMILES string of the molecule is C=C(CC)OC.C=C(O)CC. The van der Waals surface area contributed by atoms with Crippen molar-refractivity contribution in [2.24, 2.45) is 0 Å². The standard InChI is InChI=1S/C5H10O.C4H8O/c1-4-5(2)6-3;1-3-4(2)5/h2,4H2,1,3H3;5H,2-3H2,1H3. The van der Waals surface area contributed by atoms with Crippen molar-refractivity contribution in [1.29, 1.82) is 0 Å². The van der Waals surface area contributed by atoms with Gasteiger partial charge in [0.25, 0.3) is 0 Å². The fourth-order valence-corrected chi connectivity index (χ4v) is 0.144. The maximum absolute atomic E-state index is 8.17. The molecule has 0 unspecified atom stereocenters. The highest BCUT2D eigenvalue weighted by Crippen LogP contribution is 1.92. The topological polar surface area (TPSA) is 29.5 Å². The number of hydrogen-bond donors (Lipinski definition) is 1. The zero-order chi connectivity index (χ0) is 9.28. The van der Waals surface area contributed by atoms with Gasteiger partial charge in [-0.2, -0.15) is 0 Å². The first-order chi connectivity index (χ1) is 5.08. The van der Waals surface area contributed by atoms with Crippen LogP contribution < -0.4 is 0 Å². The first-order valence-electron chi connectivity index (χ1n) is 3.66. The lowest BCUT2D eigenvalue weighted by Gasteiger charge is -1.94. The van der Waals surface area contributed by atoms with Crippen molar-refractivity contribution in [2.45, 2.75) is 26.7 Å². The van der Waals surface area contributed by atoms with Gasteiger partial charge in [-0.1, -0.05) is 27.0 Å². The molecule has 11 heavy (non-hydrogen) atoms. The summed E-state index contributed by atoms with van der Waals surface area (Å²) in [5.74, 6) is 1.10. The lowest BCUT2D eigenvalue weighted by molar-refractivity contribution is 0.283. The van der Waals surface area contributed by atoms with Crippen LogP contribution in [-0.4, -0.2) is 12.2 Å². The first kappa shape index (κ1) is 12.7. The maximum Gasteiger partial charge on any atom is 0.0881 e. The third-order valence-electron chi connectivity index (χ3n) is 1.09. The number of rotatable bonds is 3. The highest BCUT2D eigenvalue weighted by Gasteiger charge is 1.77. The number of aliphatic hydroxyl groups is 1. The lowest BCUT2D eigenvalue weighted by Crippen LogP contribution is -1.77. The third-order valence-corrected chi connectivity index (χ3v) is 1.09. The van der Waals surface area contributed by atoms with Crippen LogP contribution in [-0.2, 0) is 4.74 Å². The maximum atomic E-state index is 8.17. The average Bonchev–Trinajstić information content (AvgIpc) is 2.04. The normalized spacial score (nSPS) is 7.55. The van der Waals surface area contributed by atoms with E-state index in [1.54, 1.807) is 7.11 Å². The zero-order valence-electron chi connectivity index (χ0n) is 7.68. The van der Waals surface area contributed by atoms with Crippen molar-refractivity contribution < 1.29 is 9.84 Å². The molecule has 0 radical (unpaired) electrons. The van der Waals surface area contributed by atoms with Crippen molar-refractivity contribution >= 4 is 0 Å². The molecule has 0 fully saturated rings. The van der Waals surface area contributed by atoms with E-state index in [1.807, 2.05) is 13.8 Å². The van der Waals surface area contributed by atoms with Gasteiger partial charge in [-0.15, -0.1) is 0 Å². The van der Waals surface area contributed by atoms with Crippen LogP contribution in [0, 0.1) is 0 Å². The fourth-order valence-electron chi connectivity index (χ4n) is 0.144. The van der Waals surface area contributed by atoms with E-state index in [1.165, 1.54) is 0 Å². The van der Waals surface area contributed by atoms with Crippen LogP contribution in [0.3, 0.4) is 0 Å². The van der Waals surface area contributed by atoms with Gasteiger partial charge >= 0.3 is 0 Å². The highest BCUT2D eigenvalue weighted by atomic mass is 16.5. The average molecular weight is 158 g/mol. The van der Waals surface area contributed by atoms with Crippen LogP contribution in [0.4, 0.5) is 0 Å². The molecule has 0 rings (SSSR count). The van der Waals surface area contributed by atoms with Gasteiger partial charge in [0, 0.05) is 12.8 Å². The monoisotopic (exact) mass is 158 g/mol. The van der Waals surface area contributed by atoms with E-state index in [-0.39, 0.29) is 5.76 Å². The quantitative estimate of drug-likeness (QED) is 0.640. The summed E-state index contributed by atoms with van der Waals surface area (Å²) >= 11 is 0. The number of aliphatic hydroxyl groups excluding tert-OH is 1. The summed E-state index contributed by atoms with van der Waals surface area (Å²) < 4.78 is 4.70. The van der Waals surface area contributed by atoms with E-state index < -0.39 is 0 Å². The fraction of sp³-hybridized carbons (Fsp3) is 0.556. The van der Waals surface area contributed by atoms with Crippen LogP contribution >= 0.6 is 0 Å². The molecule has 0 spiro atoms. The molecule has 2 nitrogen and oxygen atoms in total. The molecule has 0 saturated carbocycles. The van der Waals surface area contributed by atoms with Gasteiger partial charge in [-0.3, -0.25) is 0 Å². The van der Waals surface area contributed by atoms with Gasteiger partial charge in [0.15, 0.2) is 0 Å². The van der Waals surface area contributed by atoms with Crippen molar-refractivity contribution in [3.05, 3.63) is 24.7 Å². The van der Waals surface area contributed by atoms with E-state index >= 15 is 0 Å². The predicted molar refractivity (Wildman–Crippen MR) is 48.5 cm³/mol. The van der Waals surface area contributed by atoms with E-state index in [0.29, 0.717) is 6.42 Å². The summed E-state index contributed by atoms with van der Waals surface area (Å²) in [6.07, 6.45) is 1.58. The molecule has 0 bridgehead atoms. The van der Waals surface area contributed by atoms with Gasteiger partial charge < -0.3 is 9.84 Å². The minimum absolute atomic E-state index is 0.255. The van der Waals surface area contributed by atoms with Crippen molar-refractivity contribution in [3.8, 4) is 0 Å². The molecule has 0 heterocycles. The highest BCUT2D eigenvalue weighted by molar-refractivity contribution is 4.77. The number of ether oxygens (including phenoxy) is 1. The summed E-state index contributed by atoms with van der Waals surface area (Å²) in [6, 6.07) is 0. The minimum Gasteiger partial charge on any atom is -0.513 e. The minimum atomic E-state index is 0.255. The molecular formula is C9H18O2. The second kappa shape index (κ2) is 9.08. The van der Waals surface area contributed by atoms with E-state index in [0.717, 1.165) is 12.2 Å². The zero-order valence-corrected chi connectivity index (χ0v) is 7.68. The molecule has 1 N–H and O–H groups in total. The molecule has 0 amide bonds. The Morgan fingerprint density at radius 2 is 1.64 bits per heavy atom. The Morgan fingerprint density at radius 1 is 1.27 bits per heavy atom. The molecule has 0 aromatic rings. The molecule has 0 saturated heterocycles. The Kier molecular flexibility index (Phi) is 10.5. The summed E-state index contributed by atoms with van der Waals surface area (Å²) in [5, 5.41) is 8.17. The molecule has 2 heteroatoms. The second-order valence-electron chi connectivity index (χ2n) is 2.02. The Bertz CT molecular complexity index is 111. The number of allylic oxidation sites excluding steroid dienone is 2. The van der Waals surface area contributed by atoms with Crippen LogP contribution in [0.15, 0.2) is 24.7 Å². The largest absolute Gasteiger partial charge is 0.513 e. The molecule has 0 aliphatic carbocycles. The Labute approximate surface area is 69.2 Å². The van der Waals surface area contributed by atoms with Crippen LogP contribution in [0.2, 0.25) is 0 Å². The van der Waals surface area contributed by atoms with Gasteiger partial charge in [-0.05, 0) is 0 Å². The summed E-state index contributed by atoms with van der Waals surface area (Å²) in [4.78, 5) is 0. The first-order valence-corrected chi connectivity index (χ1v) is 3.66. The van der Waals surface area contributed by atoms with E-state index in [4.69, 9.17) is 9.84 Å². The molecular weight excluding hydrogens is 140 g/mol. The number of methoxy groups -OCH3 is 1.